The average molecular weight is 1170 g/mol. The van der Waals surface area contributed by atoms with E-state index in [1.165, 1.54) is 21.5 Å². The van der Waals surface area contributed by atoms with Gasteiger partial charge in [-0.1, -0.05) is 250 Å². The lowest BCUT2D eigenvalue weighted by atomic mass is 9.85. The van der Waals surface area contributed by atoms with Crippen LogP contribution < -0.4 is 9.80 Å². The maximum Gasteiger partial charge on any atom is 0.0619 e. The van der Waals surface area contributed by atoms with Gasteiger partial charge in [0.2, 0.25) is 0 Å². The minimum absolute atomic E-state index is 0.354. The van der Waals surface area contributed by atoms with Crippen LogP contribution in [-0.4, -0.2) is 9.13 Å². The highest BCUT2D eigenvalue weighted by Crippen LogP contribution is 2.54. The molecule has 13 aromatic carbocycles. The molecule has 422 valence electrons. The van der Waals surface area contributed by atoms with Crippen molar-refractivity contribution in [3.63, 3.8) is 0 Å². The monoisotopic (exact) mass is 1170 g/mol. The van der Waals surface area contributed by atoms with E-state index in [4.69, 9.17) is 23.2 Å². The Morgan fingerprint density at radius 1 is 0.273 bits per heavy atom. The second kappa shape index (κ2) is 22.5. The summed E-state index contributed by atoms with van der Waals surface area (Å²) >= 11 is 14.9. The molecule has 4 nitrogen and oxygen atoms in total. The number of fused-ring (bicyclic) bond motifs is 6. The molecular weight excluding hydrogens is 1110 g/mol. The summed E-state index contributed by atoms with van der Waals surface area (Å²) < 4.78 is 4.81. The number of hydrogen-bond donors (Lipinski definition) is 0. The van der Waals surface area contributed by atoms with Crippen LogP contribution in [0.15, 0.2) is 309 Å². The van der Waals surface area contributed by atoms with E-state index in [0.717, 1.165) is 118 Å². The van der Waals surface area contributed by atoms with Crippen molar-refractivity contribution in [1.29, 1.82) is 0 Å². The Labute approximate surface area is 523 Å². The van der Waals surface area contributed by atoms with Crippen molar-refractivity contribution >= 4 is 101 Å². The van der Waals surface area contributed by atoms with Crippen molar-refractivity contribution < 1.29 is 0 Å². The van der Waals surface area contributed by atoms with Crippen molar-refractivity contribution in [2.75, 3.05) is 9.80 Å². The van der Waals surface area contributed by atoms with Crippen LogP contribution in [0.2, 0.25) is 10.0 Å². The molecule has 6 heteroatoms. The smallest absolute Gasteiger partial charge is 0.0619 e. The van der Waals surface area contributed by atoms with E-state index in [1.54, 1.807) is 0 Å². The third-order valence-electron chi connectivity index (χ3n) is 17.1. The van der Waals surface area contributed by atoms with Gasteiger partial charge >= 0.3 is 0 Å². The molecule has 0 spiro atoms. The number of benzene rings is 13. The first kappa shape index (κ1) is 54.3. The van der Waals surface area contributed by atoms with Crippen LogP contribution in [-0.2, 0) is 5.41 Å². The normalized spacial score (nSPS) is 11.7. The van der Waals surface area contributed by atoms with Crippen LogP contribution in [0.1, 0.15) is 26.3 Å². The fourth-order valence-corrected chi connectivity index (χ4v) is 13.5. The molecular formula is C82H60Cl2N4. The number of rotatable bonds is 12. The van der Waals surface area contributed by atoms with E-state index < -0.39 is 0 Å². The summed E-state index contributed by atoms with van der Waals surface area (Å²) in [5.74, 6) is 0. The van der Waals surface area contributed by atoms with Crippen LogP contribution >= 0.6 is 23.2 Å². The van der Waals surface area contributed by atoms with Gasteiger partial charge in [-0.2, -0.15) is 0 Å². The van der Waals surface area contributed by atoms with Gasteiger partial charge in [-0.15, -0.1) is 0 Å². The van der Waals surface area contributed by atoms with E-state index in [-0.39, 0.29) is 5.41 Å². The van der Waals surface area contributed by atoms with Gasteiger partial charge < -0.3 is 18.9 Å². The van der Waals surface area contributed by atoms with E-state index in [1.807, 2.05) is 0 Å². The first-order valence-corrected chi connectivity index (χ1v) is 30.7. The molecule has 0 radical (unpaired) electrons. The highest BCUT2D eigenvalue weighted by atomic mass is 35.5. The summed E-state index contributed by atoms with van der Waals surface area (Å²) in [6, 6.07) is 111. The molecule has 2 aromatic heterocycles. The maximum atomic E-state index is 7.43. The van der Waals surface area contributed by atoms with Crippen molar-refractivity contribution in [3.05, 3.63) is 325 Å². The van der Waals surface area contributed by atoms with E-state index in [0.29, 0.717) is 10.0 Å². The topological polar surface area (TPSA) is 16.3 Å². The Morgan fingerprint density at radius 3 is 0.852 bits per heavy atom. The number of halogens is 2. The van der Waals surface area contributed by atoms with Crippen molar-refractivity contribution in [2.24, 2.45) is 0 Å². The summed E-state index contributed by atoms with van der Waals surface area (Å²) in [5.41, 5.74) is 21.3. The van der Waals surface area contributed by atoms with E-state index in [9.17, 15) is 0 Å². The highest BCUT2D eigenvalue weighted by molar-refractivity contribution is 6.32. The van der Waals surface area contributed by atoms with Gasteiger partial charge in [0, 0.05) is 88.0 Å². The van der Waals surface area contributed by atoms with Crippen molar-refractivity contribution in [3.8, 4) is 55.9 Å². The molecule has 15 rings (SSSR count). The standard InChI is InChI=1S/C82H60Cl2N4/c1-82(2,3)59-46-66(85(80-72(55-26-8-4-9-27-55)48-60(83)49-73(80)56-28-10-5-11-29-56)62-34-24-36-64(52-62)87-76-42-20-16-38-68(76)69-39-17-21-43-77(69)87)54-67(47-59)86(81-74(57-30-12-6-13-31-57)50-61(84)51-75(81)58-32-14-7-15-33-58)63-35-25-37-65(53-63)88-78-44-22-18-40-70(78)71-41-19-23-45-79(71)88/h4-54H,1-3H3. The Hall–Kier alpha value is -10.4. The average Bonchev–Trinajstić information content (AvgIpc) is 1.09. The number of aromatic nitrogens is 2. The molecule has 0 atom stereocenters. The lowest BCUT2D eigenvalue weighted by Crippen LogP contribution is -2.19. The molecule has 0 amide bonds. The number of para-hydroxylation sites is 4. The number of anilines is 6. The minimum Gasteiger partial charge on any atom is -0.309 e. The Morgan fingerprint density at radius 2 is 0.557 bits per heavy atom. The summed E-state index contributed by atoms with van der Waals surface area (Å²) in [5, 5.41) is 6.09. The summed E-state index contributed by atoms with van der Waals surface area (Å²) in [6.45, 7) is 6.95. The zero-order valence-corrected chi connectivity index (χ0v) is 50.5. The molecule has 0 aliphatic heterocycles. The fraction of sp³-hybridized carbons (Fsp3) is 0.0488. The van der Waals surface area contributed by atoms with Crippen LogP contribution in [0.25, 0.3) is 99.5 Å². The van der Waals surface area contributed by atoms with Gasteiger partial charge in [-0.25, -0.2) is 0 Å². The lowest BCUT2D eigenvalue weighted by molar-refractivity contribution is 0.590. The SMILES string of the molecule is CC(C)(C)c1cc(N(c2cccc(-n3c4ccccc4c4ccccc43)c2)c2c(-c3ccccc3)cc(Cl)cc2-c2ccccc2)cc(N(c2cccc(-n3c4ccccc4c4ccccc43)c2)c2c(-c3ccccc3)cc(Cl)cc2-c2ccccc2)c1. The molecule has 0 N–H and O–H groups in total. The Bertz CT molecular complexity index is 4560. The van der Waals surface area contributed by atoms with Crippen LogP contribution in [0, 0.1) is 0 Å². The molecule has 0 aliphatic carbocycles. The van der Waals surface area contributed by atoms with Gasteiger partial charge in [0.05, 0.1) is 33.4 Å². The second-order valence-electron chi connectivity index (χ2n) is 23.6. The molecule has 0 saturated carbocycles. The predicted molar refractivity (Wildman–Crippen MR) is 375 cm³/mol. The van der Waals surface area contributed by atoms with Crippen molar-refractivity contribution in [1.82, 2.24) is 9.13 Å². The molecule has 0 aliphatic rings. The van der Waals surface area contributed by atoms with Gasteiger partial charge in [-0.05, 0) is 136 Å². The molecule has 0 fully saturated rings. The van der Waals surface area contributed by atoms with Crippen LogP contribution in [0.3, 0.4) is 0 Å². The maximum absolute atomic E-state index is 7.43. The summed E-state index contributed by atoms with van der Waals surface area (Å²) in [7, 11) is 0. The zero-order valence-electron chi connectivity index (χ0n) is 49.0. The highest BCUT2D eigenvalue weighted by Gasteiger charge is 2.30. The minimum atomic E-state index is -0.354. The van der Waals surface area contributed by atoms with E-state index >= 15 is 0 Å². The quantitative estimate of drug-likeness (QED) is 0.121. The first-order valence-electron chi connectivity index (χ1n) is 29.9. The molecule has 0 bridgehead atoms. The third kappa shape index (κ3) is 9.77. The molecule has 2 heterocycles. The van der Waals surface area contributed by atoms with Crippen LogP contribution in [0.4, 0.5) is 34.1 Å². The van der Waals surface area contributed by atoms with Crippen LogP contribution in [0.5, 0.6) is 0 Å². The number of nitrogens with zero attached hydrogens (tertiary/aromatic N) is 4. The first-order chi connectivity index (χ1) is 43.1. The lowest BCUT2D eigenvalue weighted by Gasteiger charge is -2.35. The predicted octanol–water partition coefficient (Wildman–Crippen LogP) is 24.1. The fourth-order valence-electron chi connectivity index (χ4n) is 13.1. The van der Waals surface area contributed by atoms with Crippen molar-refractivity contribution in [2.45, 2.75) is 26.2 Å². The Kier molecular flexibility index (Phi) is 13.9. The summed E-state index contributed by atoms with van der Waals surface area (Å²) in [4.78, 5) is 4.98. The largest absolute Gasteiger partial charge is 0.309 e. The third-order valence-corrected chi connectivity index (χ3v) is 17.5. The van der Waals surface area contributed by atoms with Gasteiger partial charge in [-0.3, -0.25) is 0 Å². The zero-order chi connectivity index (χ0) is 59.5. The Balaban J connectivity index is 1.08. The van der Waals surface area contributed by atoms with Gasteiger partial charge in [0.15, 0.2) is 0 Å². The van der Waals surface area contributed by atoms with Gasteiger partial charge in [0.1, 0.15) is 0 Å². The second-order valence-corrected chi connectivity index (χ2v) is 24.5. The van der Waals surface area contributed by atoms with Gasteiger partial charge in [0.25, 0.3) is 0 Å². The number of hydrogen-bond acceptors (Lipinski definition) is 2. The molecule has 0 unspecified atom stereocenters. The summed E-state index contributed by atoms with van der Waals surface area (Å²) in [6.07, 6.45) is 0. The molecule has 0 saturated heterocycles. The molecule has 88 heavy (non-hydrogen) atoms. The molecule has 15 aromatic rings. The van der Waals surface area contributed by atoms with E-state index in [2.05, 4.69) is 349 Å².